The number of carbonyl (C=O) groups excluding carboxylic acids is 2. The van der Waals surface area contributed by atoms with E-state index < -0.39 is 0 Å². The molecule has 120 valence electrons. The summed E-state index contributed by atoms with van der Waals surface area (Å²) in [5, 5.41) is 3.43. The van der Waals surface area contributed by atoms with Crippen molar-refractivity contribution in [2.75, 3.05) is 24.6 Å². The molecule has 7 heteroatoms. The van der Waals surface area contributed by atoms with Gasteiger partial charge in [0.2, 0.25) is 11.8 Å². The molecule has 1 aromatic carbocycles. The minimum atomic E-state index is -0.303. The van der Waals surface area contributed by atoms with E-state index in [1.165, 1.54) is 11.8 Å². The van der Waals surface area contributed by atoms with Crippen molar-refractivity contribution in [3.05, 3.63) is 28.2 Å². The molecule has 1 N–H and O–H groups in total. The maximum absolute atomic E-state index is 12.1. The first kappa shape index (κ1) is 17.1. The summed E-state index contributed by atoms with van der Waals surface area (Å²) in [5.74, 6) is -0.580. The number of anilines is 1. The predicted molar refractivity (Wildman–Crippen MR) is 86.5 cm³/mol. The van der Waals surface area contributed by atoms with Gasteiger partial charge in [-0.05, 0) is 25.0 Å². The van der Waals surface area contributed by atoms with E-state index in [-0.39, 0.29) is 24.5 Å². The van der Waals surface area contributed by atoms with Crippen molar-refractivity contribution in [3.63, 3.8) is 0 Å². The number of para-hydroxylation sites is 1. The zero-order valence-electron chi connectivity index (χ0n) is 12.3. The fraction of sp³-hybridized carbons (Fsp3) is 0.467. The van der Waals surface area contributed by atoms with Crippen molar-refractivity contribution >= 4 is 40.7 Å². The molecule has 1 fully saturated rings. The van der Waals surface area contributed by atoms with Gasteiger partial charge in [0.25, 0.3) is 0 Å². The van der Waals surface area contributed by atoms with Crippen LogP contribution >= 0.6 is 23.2 Å². The molecule has 1 aliphatic rings. The fourth-order valence-corrected chi connectivity index (χ4v) is 2.93. The molecule has 2 rings (SSSR count). The SMILES string of the molecule is CC(=O)N(CC(=O)NCC1CCCO1)c1c(Cl)cccc1Cl. The second-order valence-corrected chi connectivity index (χ2v) is 5.93. The minimum absolute atomic E-state index is 0.0543. The van der Waals surface area contributed by atoms with E-state index in [1.54, 1.807) is 18.2 Å². The summed E-state index contributed by atoms with van der Waals surface area (Å²) in [4.78, 5) is 25.2. The summed E-state index contributed by atoms with van der Waals surface area (Å²) in [6.07, 6.45) is 2.00. The maximum atomic E-state index is 12.1. The molecular formula is C15H18Cl2N2O3. The Kier molecular flexibility index (Phi) is 6.06. The lowest BCUT2D eigenvalue weighted by Gasteiger charge is -2.23. The normalized spacial score (nSPS) is 17.3. The molecule has 1 atom stereocenters. The van der Waals surface area contributed by atoms with Crippen LogP contribution in [0, 0.1) is 0 Å². The summed E-state index contributed by atoms with van der Waals surface area (Å²) in [7, 11) is 0. The molecule has 1 unspecified atom stereocenters. The summed E-state index contributed by atoms with van der Waals surface area (Å²) in [6, 6.07) is 4.94. The van der Waals surface area contributed by atoms with Crippen LogP contribution < -0.4 is 10.2 Å². The van der Waals surface area contributed by atoms with Crippen LogP contribution in [0.15, 0.2) is 18.2 Å². The highest BCUT2D eigenvalue weighted by Gasteiger charge is 2.22. The Balaban J connectivity index is 2.02. The van der Waals surface area contributed by atoms with E-state index >= 15 is 0 Å². The number of amides is 2. The lowest BCUT2D eigenvalue weighted by atomic mass is 10.2. The van der Waals surface area contributed by atoms with Crippen molar-refractivity contribution in [1.82, 2.24) is 5.32 Å². The van der Waals surface area contributed by atoms with Gasteiger partial charge in [-0.15, -0.1) is 0 Å². The summed E-state index contributed by atoms with van der Waals surface area (Å²) in [5.41, 5.74) is 0.352. The minimum Gasteiger partial charge on any atom is -0.376 e. The fourth-order valence-electron chi connectivity index (χ4n) is 2.33. The van der Waals surface area contributed by atoms with Crippen LogP contribution in [0.25, 0.3) is 0 Å². The Labute approximate surface area is 139 Å². The zero-order chi connectivity index (χ0) is 16.1. The quantitative estimate of drug-likeness (QED) is 0.893. The Hall–Kier alpha value is -1.30. The highest BCUT2D eigenvalue weighted by molar-refractivity contribution is 6.40. The topological polar surface area (TPSA) is 58.6 Å². The van der Waals surface area contributed by atoms with Crippen LogP contribution in [0.2, 0.25) is 10.0 Å². The molecule has 22 heavy (non-hydrogen) atoms. The lowest BCUT2D eigenvalue weighted by Crippen LogP contribution is -2.42. The van der Waals surface area contributed by atoms with Gasteiger partial charge in [-0.1, -0.05) is 29.3 Å². The monoisotopic (exact) mass is 344 g/mol. The number of nitrogens with one attached hydrogen (secondary N) is 1. The van der Waals surface area contributed by atoms with Crippen molar-refractivity contribution in [1.29, 1.82) is 0 Å². The highest BCUT2D eigenvalue weighted by atomic mass is 35.5. The van der Waals surface area contributed by atoms with Gasteiger partial charge in [-0.2, -0.15) is 0 Å². The van der Waals surface area contributed by atoms with Gasteiger partial charge < -0.3 is 15.0 Å². The molecule has 1 saturated heterocycles. The lowest BCUT2D eigenvalue weighted by molar-refractivity contribution is -0.123. The van der Waals surface area contributed by atoms with Gasteiger partial charge in [-0.3, -0.25) is 9.59 Å². The van der Waals surface area contributed by atoms with Gasteiger partial charge in [-0.25, -0.2) is 0 Å². The number of nitrogens with zero attached hydrogens (tertiary/aromatic N) is 1. The smallest absolute Gasteiger partial charge is 0.240 e. The first-order chi connectivity index (χ1) is 10.5. The molecule has 1 heterocycles. The predicted octanol–water partition coefficient (Wildman–Crippen LogP) is 2.64. The van der Waals surface area contributed by atoms with Gasteiger partial charge in [0.15, 0.2) is 0 Å². The third-order valence-corrected chi connectivity index (χ3v) is 4.05. The number of ether oxygens (including phenoxy) is 1. The van der Waals surface area contributed by atoms with E-state index in [4.69, 9.17) is 27.9 Å². The van der Waals surface area contributed by atoms with Crippen molar-refractivity contribution in [2.24, 2.45) is 0 Å². The standard InChI is InChI=1S/C15H18Cl2N2O3/c1-10(20)19(15-12(16)5-2-6-13(15)17)9-14(21)18-8-11-4-3-7-22-11/h2,5-6,11H,3-4,7-9H2,1H3,(H,18,21). The van der Waals surface area contributed by atoms with Gasteiger partial charge >= 0.3 is 0 Å². The molecule has 5 nitrogen and oxygen atoms in total. The molecular weight excluding hydrogens is 327 g/mol. The van der Waals surface area contributed by atoms with Gasteiger partial charge in [0, 0.05) is 20.1 Å². The summed E-state index contributed by atoms with van der Waals surface area (Å²) < 4.78 is 5.44. The number of benzene rings is 1. The average Bonchev–Trinajstić information content (AvgIpc) is 2.97. The Bertz CT molecular complexity index is 539. The number of hydrogen-bond acceptors (Lipinski definition) is 3. The Morgan fingerprint density at radius 3 is 2.59 bits per heavy atom. The number of halogens is 2. The average molecular weight is 345 g/mol. The van der Waals surface area contributed by atoms with Crippen molar-refractivity contribution in [2.45, 2.75) is 25.9 Å². The van der Waals surface area contributed by atoms with Crippen LogP contribution in [0.4, 0.5) is 5.69 Å². The van der Waals surface area contributed by atoms with Crippen molar-refractivity contribution in [3.8, 4) is 0 Å². The second-order valence-electron chi connectivity index (χ2n) is 5.11. The first-order valence-electron chi connectivity index (χ1n) is 7.09. The molecule has 0 aromatic heterocycles. The van der Waals surface area contributed by atoms with E-state index in [0.717, 1.165) is 19.4 Å². The van der Waals surface area contributed by atoms with Crippen LogP contribution in [0.1, 0.15) is 19.8 Å². The molecule has 0 spiro atoms. The van der Waals surface area contributed by atoms with Crippen molar-refractivity contribution < 1.29 is 14.3 Å². The van der Waals surface area contributed by atoms with Crippen LogP contribution in [0.5, 0.6) is 0 Å². The number of rotatable bonds is 5. The second kappa shape index (κ2) is 7.81. The zero-order valence-corrected chi connectivity index (χ0v) is 13.8. The van der Waals surface area contributed by atoms with E-state index in [9.17, 15) is 9.59 Å². The van der Waals surface area contributed by atoms with Crippen LogP contribution in [-0.2, 0) is 14.3 Å². The van der Waals surface area contributed by atoms with Crippen LogP contribution in [-0.4, -0.2) is 37.6 Å². The maximum Gasteiger partial charge on any atom is 0.240 e. The molecule has 0 radical (unpaired) electrons. The molecule has 1 aromatic rings. The van der Waals surface area contributed by atoms with E-state index in [0.29, 0.717) is 22.3 Å². The highest BCUT2D eigenvalue weighted by Crippen LogP contribution is 2.33. The van der Waals surface area contributed by atoms with Crippen LogP contribution in [0.3, 0.4) is 0 Å². The van der Waals surface area contributed by atoms with E-state index in [1.807, 2.05) is 0 Å². The van der Waals surface area contributed by atoms with E-state index in [2.05, 4.69) is 5.32 Å². The Morgan fingerprint density at radius 1 is 1.36 bits per heavy atom. The molecule has 0 aliphatic carbocycles. The first-order valence-corrected chi connectivity index (χ1v) is 7.85. The Morgan fingerprint density at radius 2 is 2.05 bits per heavy atom. The van der Waals surface area contributed by atoms with Gasteiger partial charge in [0.05, 0.1) is 21.8 Å². The largest absolute Gasteiger partial charge is 0.376 e. The number of hydrogen-bond donors (Lipinski definition) is 1. The number of carbonyl (C=O) groups is 2. The summed E-state index contributed by atoms with van der Waals surface area (Å²) >= 11 is 12.2. The molecule has 0 saturated carbocycles. The third-order valence-electron chi connectivity index (χ3n) is 3.44. The third kappa shape index (κ3) is 4.35. The molecule has 1 aliphatic heterocycles. The van der Waals surface area contributed by atoms with Gasteiger partial charge in [0.1, 0.15) is 6.54 Å². The summed E-state index contributed by atoms with van der Waals surface area (Å²) in [6.45, 7) is 2.41. The molecule has 0 bridgehead atoms. The molecule has 2 amide bonds.